The monoisotopic (exact) mass is 279 g/mol. The Hall–Kier alpha value is -2.62. The number of anilines is 1. The molecule has 0 aliphatic rings. The van der Waals surface area contributed by atoms with Crippen molar-refractivity contribution in [1.82, 2.24) is 9.97 Å². The molecule has 0 saturated heterocycles. The van der Waals surface area contributed by atoms with Crippen LogP contribution >= 0.6 is 0 Å². The second-order valence-electron chi connectivity index (χ2n) is 5.21. The number of amides is 1. The van der Waals surface area contributed by atoms with Crippen LogP contribution in [-0.2, 0) is 0 Å². The Kier molecular flexibility index (Phi) is 3.22. The predicted molar refractivity (Wildman–Crippen MR) is 84.7 cm³/mol. The van der Waals surface area contributed by atoms with Crippen molar-refractivity contribution in [2.75, 3.05) is 11.9 Å². The molecule has 0 spiro atoms. The minimum Gasteiger partial charge on any atom is -0.358 e. The molecule has 3 rings (SSSR count). The first-order valence-corrected chi connectivity index (χ1v) is 6.85. The van der Waals surface area contributed by atoms with Crippen molar-refractivity contribution in [3.63, 3.8) is 0 Å². The molecule has 0 fully saturated rings. The number of rotatable bonds is 2. The van der Waals surface area contributed by atoms with Crippen LogP contribution in [0, 0.1) is 13.8 Å². The lowest BCUT2D eigenvalue weighted by Crippen LogP contribution is -2.26. The first-order chi connectivity index (χ1) is 10.1. The van der Waals surface area contributed by atoms with Gasteiger partial charge in [0.25, 0.3) is 5.91 Å². The lowest BCUT2D eigenvalue weighted by atomic mass is 10.1. The Labute approximate surface area is 123 Å². The van der Waals surface area contributed by atoms with Gasteiger partial charge in [-0.15, -0.1) is 0 Å². The van der Waals surface area contributed by atoms with Gasteiger partial charge in [-0.3, -0.25) is 9.78 Å². The number of nitrogens with one attached hydrogen (secondary N) is 1. The molecule has 1 N–H and O–H groups in total. The summed E-state index contributed by atoms with van der Waals surface area (Å²) in [6, 6.07) is 9.45. The third-order valence-corrected chi connectivity index (χ3v) is 3.89. The molecule has 106 valence electrons. The lowest BCUT2D eigenvalue weighted by Gasteiger charge is -2.16. The molecule has 0 bridgehead atoms. The van der Waals surface area contributed by atoms with Crippen LogP contribution < -0.4 is 4.90 Å². The van der Waals surface area contributed by atoms with Gasteiger partial charge in [0, 0.05) is 35.4 Å². The molecule has 3 aromatic rings. The van der Waals surface area contributed by atoms with Gasteiger partial charge in [-0.2, -0.15) is 0 Å². The van der Waals surface area contributed by atoms with E-state index in [1.54, 1.807) is 24.3 Å². The van der Waals surface area contributed by atoms with Crippen molar-refractivity contribution < 1.29 is 4.79 Å². The fourth-order valence-electron chi connectivity index (χ4n) is 2.46. The predicted octanol–water partition coefficient (Wildman–Crippen LogP) is 3.46. The second-order valence-corrected chi connectivity index (χ2v) is 5.21. The molecule has 2 aromatic heterocycles. The molecule has 1 amide bonds. The summed E-state index contributed by atoms with van der Waals surface area (Å²) in [5, 5.41) is 1.10. The molecule has 0 radical (unpaired) electrons. The highest BCUT2D eigenvalue weighted by Gasteiger charge is 2.15. The Bertz CT molecular complexity index is 806. The molecular formula is C17H17N3O. The van der Waals surface area contributed by atoms with Gasteiger partial charge < -0.3 is 9.88 Å². The average molecular weight is 279 g/mol. The molecular weight excluding hydrogens is 262 g/mol. The summed E-state index contributed by atoms with van der Waals surface area (Å²) in [6.45, 7) is 4.10. The van der Waals surface area contributed by atoms with Crippen LogP contribution in [0.2, 0.25) is 0 Å². The number of carbonyl (C=O) groups is 1. The van der Waals surface area contributed by atoms with Crippen LogP contribution in [-0.4, -0.2) is 22.9 Å². The maximum Gasteiger partial charge on any atom is 0.258 e. The smallest absolute Gasteiger partial charge is 0.258 e. The van der Waals surface area contributed by atoms with Gasteiger partial charge in [0.05, 0.1) is 11.9 Å². The van der Waals surface area contributed by atoms with Gasteiger partial charge in [0.1, 0.15) is 0 Å². The van der Waals surface area contributed by atoms with Crippen LogP contribution in [0.3, 0.4) is 0 Å². The van der Waals surface area contributed by atoms with Gasteiger partial charge in [-0.25, -0.2) is 0 Å². The van der Waals surface area contributed by atoms with E-state index in [9.17, 15) is 4.79 Å². The standard InChI is InChI=1S/C17H17N3O/c1-11-12(2)19-16-7-6-13(9-15(11)16)17(21)20(3)14-5-4-8-18-10-14/h4-10,19H,1-3H3. The Morgan fingerprint density at radius 2 is 2.05 bits per heavy atom. The molecule has 1 aromatic carbocycles. The highest BCUT2D eigenvalue weighted by Crippen LogP contribution is 2.23. The summed E-state index contributed by atoms with van der Waals surface area (Å²) in [5.74, 6) is -0.0387. The number of carbonyl (C=O) groups excluding carboxylic acids is 1. The maximum atomic E-state index is 12.6. The van der Waals surface area contributed by atoms with Crippen molar-refractivity contribution in [2.45, 2.75) is 13.8 Å². The van der Waals surface area contributed by atoms with E-state index in [4.69, 9.17) is 0 Å². The van der Waals surface area contributed by atoms with E-state index < -0.39 is 0 Å². The molecule has 4 heteroatoms. The number of H-pyrrole nitrogens is 1. The van der Waals surface area contributed by atoms with Crippen LogP contribution in [0.1, 0.15) is 21.6 Å². The first-order valence-electron chi connectivity index (χ1n) is 6.85. The van der Waals surface area contributed by atoms with Crippen molar-refractivity contribution in [1.29, 1.82) is 0 Å². The zero-order chi connectivity index (χ0) is 15.0. The number of fused-ring (bicyclic) bond motifs is 1. The molecule has 21 heavy (non-hydrogen) atoms. The molecule has 4 nitrogen and oxygen atoms in total. The van der Waals surface area contributed by atoms with E-state index in [0.717, 1.165) is 22.3 Å². The summed E-state index contributed by atoms with van der Waals surface area (Å²) >= 11 is 0. The zero-order valence-electron chi connectivity index (χ0n) is 12.3. The molecule has 0 aliphatic carbocycles. The van der Waals surface area contributed by atoms with Crippen molar-refractivity contribution in [2.24, 2.45) is 0 Å². The normalized spacial score (nSPS) is 10.8. The van der Waals surface area contributed by atoms with E-state index >= 15 is 0 Å². The number of nitrogens with zero attached hydrogens (tertiary/aromatic N) is 2. The lowest BCUT2D eigenvalue weighted by molar-refractivity contribution is 0.0993. The minimum atomic E-state index is -0.0387. The number of aryl methyl sites for hydroxylation is 2. The zero-order valence-corrected chi connectivity index (χ0v) is 12.3. The van der Waals surface area contributed by atoms with E-state index in [0.29, 0.717) is 5.56 Å². The largest absolute Gasteiger partial charge is 0.358 e. The molecule has 0 atom stereocenters. The van der Waals surface area contributed by atoms with Crippen LogP contribution in [0.4, 0.5) is 5.69 Å². The average Bonchev–Trinajstić information content (AvgIpc) is 2.81. The van der Waals surface area contributed by atoms with E-state index in [2.05, 4.69) is 16.9 Å². The van der Waals surface area contributed by atoms with Gasteiger partial charge in [-0.1, -0.05) is 0 Å². The number of hydrogen-bond donors (Lipinski definition) is 1. The summed E-state index contributed by atoms with van der Waals surface area (Å²) in [4.78, 5) is 21.6. The third-order valence-electron chi connectivity index (χ3n) is 3.89. The first kappa shape index (κ1) is 13.4. The fraction of sp³-hybridized carbons (Fsp3) is 0.176. The SMILES string of the molecule is Cc1[nH]c2ccc(C(=O)N(C)c3cccnc3)cc2c1C. The Balaban J connectivity index is 2.00. The highest BCUT2D eigenvalue weighted by atomic mass is 16.2. The van der Waals surface area contributed by atoms with Gasteiger partial charge in [0.2, 0.25) is 0 Å². The second kappa shape index (κ2) is 5.05. The van der Waals surface area contributed by atoms with Crippen molar-refractivity contribution in [3.8, 4) is 0 Å². The number of hydrogen-bond acceptors (Lipinski definition) is 2. The van der Waals surface area contributed by atoms with Crippen LogP contribution in [0.5, 0.6) is 0 Å². The van der Waals surface area contributed by atoms with Gasteiger partial charge in [0.15, 0.2) is 0 Å². The summed E-state index contributed by atoms with van der Waals surface area (Å²) < 4.78 is 0. The van der Waals surface area contributed by atoms with Crippen LogP contribution in [0.25, 0.3) is 10.9 Å². The van der Waals surface area contributed by atoms with Gasteiger partial charge in [-0.05, 0) is 49.7 Å². The quantitative estimate of drug-likeness (QED) is 0.781. The molecule has 2 heterocycles. The summed E-state index contributed by atoms with van der Waals surface area (Å²) in [5.41, 5.74) is 4.84. The minimum absolute atomic E-state index is 0.0387. The number of aromatic nitrogens is 2. The van der Waals surface area contributed by atoms with E-state index in [-0.39, 0.29) is 5.91 Å². The summed E-state index contributed by atoms with van der Waals surface area (Å²) in [7, 11) is 1.76. The third kappa shape index (κ3) is 2.29. The highest BCUT2D eigenvalue weighted by molar-refractivity contribution is 6.07. The fourth-order valence-corrected chi connectivity index (χ4v) is 2.46. The van der Waals surface area contributed by atoms with Crippen molar-refractivity contribution >= 4 is 22.5 Å². The van der Waals surface area contributed by atoms with E-state index in [1.807, 2.05) is 37.3 Å². The molecule has 0 saturated carbocycles. The van der Waals surface area contributed by atoms with Gasteiger partial charge >= 0.3 is 0 Å². The Morgan fingerprint density at radius 1 is 1.24 bits per heavy atom. The number of pyridine rings is 1. The van der Waals surface area contributed by atoms with Crippen LogP contribution in [0.15, 0.2) is 42.7 Å². The number of aromatic amines is 1. The molecule has 0 aliphatic heterocycles. The Morgan fingerprint density at radius 3 is 2.76 bits per heavy atom. The topological polar surface area (TPSA) is 49.0 Å². The summed E-state index contributed by atoms with van der Waals surface area (Å²) in [6.07, 6.45) is 3.38. The molecule has 0 unspecified atom stereocenters. The maximum absolute atomic E-state index is 12.6. The number of benzene rings is 1. The van der Waals surface area contributed by atoms with E-state index in [1.165, 1.54) is 5.56 Å². The van der Waals surface area contributed by atoms with Crippen molar-refractivity contribution in [3.05, 3.63) is 59.5 Å².